The molecule has 0 spiro atoms. The molecule has 3 rings (SSSR count). The molecule has 1 amide bonds. The van der Waals surface area contributed by atoms with E-state index in [1.165, 1.54) is 12.8 Å². The topological polar surface area (TPSA) is 55.3 Å². The van der Waals surface area contributed by atoms with Crippen molar-refractivity contribution < 1.29 is 9.53 Å². The van der Waals surface area contributed by atoms with Crippen LogP contribution in [0.5, 0.6) is 5.88 Å². The summed E-state index contributed by atoms with van der Waals surface area (Å²) in [6.45, 7) is 6.14. The predicted molar refractivity (Wildman–Crippen MR) is 92.5 cm³/mol. The third-order valence-electron chi connectivity index (χ3n) is 5.59. The second-order valence-corrected chi connectivity index (χ2v) is 7.58. The van der Waals surface area contributed by atoms with Crippen molar-refractivity contribution in [2.24, 2.45) is 17.8 Å². The maximum atomic E-state index is 12.9. The second kappa shape index (κ2) is 7.95. The van der Waals surface area contributed by atoms with Crippen molar-refractivity contribution >= 4 is 5.91 Å². The molecule has 0 radical (unpaired) electrons. The summed E-state index contributed by atoms with van der Waals surface area (Å²) in [5.74, 6) is 2.64. The lowest BCUT2D eigenvalue weighted by atomic mass is 9.76. The van der Waals surface area contributed by atoms with Gasteiger partial charge in [0.15, 0.2) is 0 Å². The molecule has 1 aromatic heterocycles. The van der Waals surface area contributed by atoms with Crippen LogP contribution in [0, 0.1) is 17.8 Å². The minimum Gasteiger partial charge on any atom is -0.471 e. The van der Waals surface area contributed by atoms with Gasteiger partial charge in [-0.1, -0.05) is 13.8 Å². The molecule has 0 bridgehead atoms. The number of hydrogen-bond donors (Lipinski definition) is 0. The predicted octanol–water partition coefficient (Wildman–Crippen LogP) is 3.31. The van der Waals surface area contributed by atoms with Crippen LogP contribution < -0.4 is 4.74 Å². The van der Waals surface area contributed by atoms with Gasteiger partial charge in [0.2, 0.25) is 11.8 Å². The molecule has 1 aliphatic carbocycles. The Labute approximate surface area is 144 Å². The Bertz CT molecular complexity index is 527. The molecular weight excluding hydrogens is 302 g/mol. The lowest BCUT2D eigenvalue weighted by Crippen LogP contribution is -2.47. The zero-order valence-corrected chi connectivity index (χ0v) is 14.9. The molecular formula is C19H29N3O2. The third-order valence-corrected chi connectivity index (χ3v) is 5.59. The Kier molecular flexibility index (Phi) is 5.69. The fourth-order valence-corrected chi connectivity index (χ4v) is 4.05. The smallest absolute Gasteiger partial charge is 0.233 e. The van der Waals surface area contributed by atoms with Gasteiger partial charge >= 0.3 is 0 Å². The van der Waals surface area contributed by atoms with Gasteiger partial charge in [-0.3, -0.25) is 4.79 Å². The number of aromatic nitrogens is 2. The average molecular weight is 331 g/mol. The highest BCUT2D eigenvalue weighted by Gasteiger charge is 2.33. The van der Waals surface area contributed by atoms with Crippen molar-refractivity contribution in [1.29, 1.82) is 0 Å². The summed E-state index contributed by atoms with van der Waals surface area (Å²) < 4.78 is 5.90. The standard InChI is InChI=1S/C19H29N3O2/c1-14(2)15-7-9-16(10-8-15)19(23)22-12-4-5-17(13-22)24-18-6-3-11-20-21-18/h3,6,11,14-17H,4-5,7-10,12-13H2,1-2H3. The van der Waals surface area contributed by atoms with Gasteiger partial charge in [-0.15, -0.1) is 5.10 Å². The van der Waals surface area contributed by atoms with E-state index in [9.17, 15) is 4.79 Å². The van der Waals surface area contributed by atoms with Crippen LogP contribution in [-0.2, 0) is 4.79 Å². The number of carbonyl (C=O) groups excluding carboxylic acids is 1. The van der Waals surface area contributed by atoms with Crippen molar-refractivity contribution in [1.82, 2.24) is 15.1 Å². The minimum absolute atomic E-state index is 0.0337. The first-order chi connectivity index (χ1) is 11.6. The summed E-state index contributed by atoms with van der Waals surface area (Å²) >= 11 is 0. The highest BCUT2D eigenvalue weighted by Crippen LogP contribution is 2.34. The maximum Gasteiger partial charge on any atom is 0.233 e. The normalized spacial score (nSPS) is 28.0. The second-order valence-electron chi connectivity index (χ2n) is 7.58. The summed E-state index contributed by atoms with van der Waals surface area (Å²) in [7, 11) is 0. The van der Waals surface area contributed by atoms with Gasteiger partial charge in [0, 0.05) is 24.7 Å². The summed E-state index contributed by atoms with van der Waals surface area (Å²) in [4.78, 5) is 14.9. The quantitative estimate of drug-likeness (QED) is 0.849. The van der Waals surface area contributed by atoms with E-state index < -0.39 is 0 Å². The van der Waals surface area contributed by atoms with E-state index in [2.05, 4.69) is 24.0 Å². The molecule has 1 unspecified atom stereocenters. The van der Waals surface area contributed by atoms with E-state index in [0.29, 0.717) is 18.3 Å². The maximum absolute atomic E-state index is 12.9. The van der Waals surface area contributed by atoms with Gasteiger partial charge in [-0.2, -0.15) is 5.10 Å². The minimum atomic E-state index is 0.0337. The van der Waals surface area contributed by atoms with Crippen LogP contribution in [0.3, 0.4) is 0 Å². The molecule has 1 saturated carbocycles. The van der Waals surface area contributed by atoms with E-state index in [0.717, 1.165) is 44.1 Å². The van der Waals surface area contributed by atoms with Crippen LogP contribution in [0.25, 0.3) is 0 Å². The third kappa shape index (κ3) is 4.25. The Morgan fingerprint density at radius 3 is 2.71 bits per heavy atom. The van der Waals surface area contributed by atoms with Crippen LogP contribution >= 0.6 is 0 Å². The molecule has 1 saturated heterocycles. The first kappa shape index (κ1) is 17.2. The van der Waals surface area contributed by atoms with Gasteiger partial charge in [0.25, 0.3) is 0 Å². The Morgan fingerprint density at radius 1 is 1.25 bits per heavy atom. The number of amides is 1. The summed E-state index contributed by atoms with van der Waals surface area (Å²) in [6.07, 6.45) is 8.13. The largest absolute Gasteiger partial charge is 0.471 e. The molecule has 5 nitrogen and oxygen atoms in total. The van der Waals surface area contributed by atoms with Crippen molar-refractivity contribution in [2.75, 3.05) is 13.1 Å². The molecule has 1 atom stereocenters. The number of piperidine rings is 1. The number of rotatable bonds is 4. The molecule has 2 heterocycles. The van der Waals surface area contributed by atoms with Crippen molar-refractivity contribution in [3.05, 3.63) is 18.3 Å². The number of hydrogen-bond acceptors (Lipinski definition) is 4. The molecule has 2 aliphatic rings. The summed E-state index contributed by atoms with van der Waals surface area (Å²) in [6, 6.07) is 3.64. The molecule has 2 fully saturated rings. The van der Waals surface area contributed by atoms with E-state index in [-0.39, 0.29) is 12.0 Å². The molecule has 24 heavy (non-hydrogen) atoms. The number of likely N-dealkylation sites (tertiary alicyclic amines) is 1. The van der Waals surface area contributed by atoms with Crippen LogP contribution in [0.4, 0.5) is 0 Å². The molecule has 5 heteroatoms. The molecule has 132 valence electrons. The average Bonchev–Trinajstić information content (AvgIpc) is 2.62. The van der Waals surface area contributed by atoms with E-state index >= 15 is 0 Å². The molecule has 0 N–H and O–H groups in total. The lowest BCUT2D eigenvalue weighted by Gasteiger charge is -2.37. The van der Waals surface area contributed by atoms with Crippen LogP contribution in [0.1, 0.15) is 52.4 Å². The van der Waals surface area contributed by atoms with Gasteiger partial charge in [0.05, 0.1) is 6.54 Å². The SMILES string of the molecule is CC(C)C1CCC(C(=O)N2CCCC(Oc3cccnn3)C2)CC1. The summed E-state index contributed by atoms with van der Waals surface area (Å²) in [5, 5.41) is 7.83. The van der Waals surface area contributed by atoms with Crippen LogP contribution in [0.15, 0.2) is 18.3 Å². The summed E-state index contributed by atoms with van der Waals surface area (Å²) in [5.41, 5.74) is 0. The monoisotopic (exact) mass is 331 g/mol. The van der Waals surface area contributed by atoms with Crippen LogP contribution in [-0.4, -0.2) is 40.2 Å². The highest BCUT2D eigenvalue weighted by atomic mass is 16.5. The highest BCUT2D eigenvalue weighted by molar-refractivity contribution is 5.79. The number of ether oxygens (including phenoxy) is 1. The zero-order valence-electron chi connectivity index (χ0n) is 14.9. The number of carbonyl (C=O) groups is 1. The van der Waals surface area contributed by atoms with Crippen molar-refractivity contribution in [3.63, 3.8) is 0 Å². The van der Waals surface area contributed by atoms with Gasteiger partial charge in [-0.25, -0.2) is 0 Å². The van der Waals surface area contributed by atoms with E-state index in [1.54, 1.807) is 6.20 Å². The van der Waals surface area contributed by atoms with Gasteiger partial charge < -0.3 is 9.64 Å². The van der Waals surface area contributed by atoms with Gasteiger partial charge in [-0.05, 0) is 56.4 Å². The van der Waals surface area contributed by atoms with Crippen molar-refractivity contribution in [3.8, 4) is 5.88 Å². The fourth-order valence-electron chi connectivity index (χ4n) is 4.05. The first-order valence-electron chi connectivity index (χ1n) is 9.36. The van der Waals surface area contributed by atoms with Crippen LogP contribution in [0.2, 0.25) is 0 Å². The zero-order chi connectivity index (χ0) is 16.9. The molecule has 1 aromatic rings. The van der Waals surface area contributed by atoms with Gasteiger partial charge in [0.1, 0.15) is 6.10 Å². The van der Waals surface area contributed by atoms with E-state index in [4.69, 9.17) is 4.74 Å². The molecule has 1 aliphatic heterocycles. The molecule has 0 aromatic carbocycles. The Hall–Kier alpha value is -1.65. The Morgan fingerprint density at radius 2 is 2.04 bits per heavy atom. The van der Waals surface area contributed by atoms with E-state index in [1.807, 2.05) is 17.0 Å². The lowest BCUT2D eigenvalue weighted by molar-refractivity contribution is -0.139. The first-order valence-corrected chi connectivity index (χ1v) is 9.36. The fraction of sp³-hybridized carbons (Fsp3) is 0.737. The number of nitrogens with zero attached hydrogens (tertiary/aromatic N) is 3. The van der Waals surface area contributed by atoms with Crippen molar-refractivity contribution in [2.45, 2.75) is 58.5 Å². The Balaban J connectivity index is 1.52.